The van der Waals surface area contributed by atoms with E-state index in [-0.39, 0.29) is 17.9 Å². The summed E-state index contributed by atoms with van der Waals surface area (Å²) in [5.41, 5.74) is 0.572. The molecule has 144 valence electrons. The largest absolute Gasteiger partial charge is 0.369 e. The molecule has 0 atom stereocenters. The van der Waals surface area contributed by atoms with Crippen LogP contribution in [0.25, 0.3) is 0 Å². The third-order valence-electron chi connectivity index (χ3n) is 4.53. The Morgan fingerprint density at radius 2 is 1.56 bits per heavy atom. The highest BCUT2D eigenvalue weighted by molar-refractivity contribution is 5.90. The number of hydrogen-bond acceptors (Lipinski definition) is 3. The second-order valence-electron chi connectivity index (χ2n) is 6.33. The van der Waals surface area contributed by atoms with Crippen LogP contribution in [0.1, 0.15) is 6.42 Å². The minimum Gasteiger partial charge on any atom is -0.369 e. The molecule has 27 heavy (non-hydrogen) atoms. The Bertz CT molecular complexity index is 805. The average Bonchev–Trinajstić information content (AvgIpc) is 2.68. The van der Waals surface area contributed by atoms with Crippen LogP contribution in [-0.4, -0.2) is 43.5 Å². The average molecular weight is 381 g/mol. The lowest BCUT2D eigenvalue weighted by Crippen LogP contribution is -2.47. The lowest BCUT2D eigenvalue weighted by atomic mass is 10.2. The van der Waals surface area contributed by atoms with Crippen LogP contribution in [0.15, 0.2) is 36.4 Å². The Morgan fingerprint density at radius 3 is 2.22 bits per heavy atom. The summed E-state index contributed by atoms with van der Waals surface area (Å²) in [6.07, 6.45) is 0.106. The number of nitrogens with zero attached hydrogens (tertiary/aromatic N) is 2. The van der Waals surface area contributed by atoms with Crippen molar-refractivity contribution >= 4 is 17.3 Å². The van der Waals surface area contributed by atoms with Gasteiger partial charge >= 0.3 is 0 Å². The van der Waals surface area contributed by atoms with E-state index in [9.17, 15) is 22.4 Å². The van der Waals surface area contributed by atoms with E-state index in [2.05, 4.69) is 15.1 Å². The molecule has 1 aliphatic heterocycles. The molecule has 2 aromatic rings. The van der Waals surface area contributed by atoms with Crippen molar-refractivity contribution in [2.45, 2.75) is 6.42 Å². The van der Waals surface area contributed by atoms with Crippen molar-refractivity contribution < 1.29 is 22.4 Å². The maximum absolute atomic E-state index is 13.6. The Kier molecular flexibility index (Phi) is 5.95. The number of carbonyl (C=O) groups excluding carboxylic acids is 1. The van der Waals surface area contributed by atoms with Gasteiger partial charge < -0.3 is 10.2 Å². The molecule has 4 nitrogen and oxygen atoms in total. The standard InChI is InChI=1S/C19H19F4N3O/c20-13-1-3-14(4-2-13)26-11-9-25(10-12-26)8-7-17(27)24-16-6-5-15(21)18(22)19(16)23/h1-6H,7-12H2,(H,24,27). The summed E-state index contributed by atoms with van der Waals surface area (Å²) in [5, 5.41) is 2.26. The number of carbonyl (C=O) groups is 1. The maximum atomic E-state index is 13.6. The highest BCUT2D eigenvalue weighted by Gasteiger charge is 2.19. The third kappa shape index (κ3) is 4.77. The predicted octanol–water partition coefficient (Wildman–Crippen LogP) is 3.39. The Hall–Kier alpha value is -2.61. The topological polar surface area (TPSA) is 35.6 Å². The molecule has 1 fully saturated rings. The van der Waals surface area contributed by atoms with E-state index in [0.29, 0.717) is 6.54 Å². The Balaban J connectivity index is 1.45. The minimum atomic E-state index is -1.61. The Labute approximate surface area is 154 Å². The number of anilines is 2. The van der Waals surface area contributed by atoms with Crippen molar-refractivity contribution in [2.24, 2.45) is 0 Å². The van der Waals surface area contributed by atoms with Gasteiger partial charge in [-0.25, -0.2) is 17.6 Å². The lowest BCUT2D eigenvalue weighted by Gasteiger charge is -2.36. The number of hydrogen-bond donors (Lipinski definition) is 1. The van der Waals surface area contributed by atoms with E-state index in [1.165, 1.54) is 12.1 Å². The molecule has 2 aromatic carbocycles. The smallest absolute Gasteiger partial charge is 0.225 e. The fourth-order valence-corrected chi connectivity index (χ4v) is 2.98. The molecular formula is C19H19F4N3O. The van der Waals surface area contributed by atoms with Crippen LogP contribution in [-0.2, 0) is 4.79 Å². The first kappa shape index (κ1) is 19.2. The van der Waals surface area contributed by atoms with Gasteiger partial charge in [0.15, 0.2) is 17.5 Å². The van der Waals surface area contributed by atoms with Gasteiger partial charge in [-0.3, -0.25) is 9.69 Å². The first-order chi connectivity index (χ1) is 12.9. The molecule has 1 heterocycles. The Morgan fingerprint density at radius 1 is 0.889 bits per heavy atom. The molecule has 1 N–H and O–H groups in total. The van der Waals surface area contributed by atoms with E-state index in [0.717, 1.165) is 44.0 Å². The summed E-state index contributed by atoms with van der Waals surface area (Å²) in [6, 6.07) is 8.06. The van der Waals surface area contributed by atoms with Crippen LogP contribution in [0.5, 0.6) is 0 Å². The van der Waals surface area contributed by atoms with Crippen molar-refractivity contribution in [1.29, 1.82) is 0 Å². The highest BCUT2D eigenvalue weighted by atomic mass is 19.2. The van der Waals surface area contributed by atoms with Gasteiger partial charge in [0.25, 0.3) is 0 Å². The normalized spacial score (nSPS) is 15.0. The molecule has 0 saturated carbocycles. The fraction of sp³-hybridized carbons (Fsp3) is 0.316. The summed E-state index contributed by atoms with van der Waals surface area (Å²) < 4.78 is 52.7. The van der Waals surface area contributed by atoms with E-state index in [4.69, 9.17) is 0 Å². The van der Waals surface area contributed by atoms with Crippen molar-refractivity contribution in [1.82, 2.24) is 4.90 Å². The SMILES string of the molecule is O=C(CCN1CCN(c2ccc(F)cc2)CC1)Nc1ccc(F)c(F)c1F. The van der Waals surface area contributed by atoms with Crippen molar-refractivity contribution in [2.75, 3.05) is 42.9 Å². The molecule has 0 unspecified atom stereocenters. The van der Waals surface area contributed by atoms with E-state index >= 15 is 0 Å². The molecule has 1 amide bonds. The van der Waals surface area contributed by atoms with Crippen LogP contribution < -0.4 is 10.2 Å². The molecule has 0 radical (unpaired) electrons. The molecule has 3 rings (SSSR count). The number of amides is 1. The second kappa shape index (κ2) is 8.39. The zero-order valence-corrected chi connectivity index (χ0v) is 14.5. The van der Waals surface area contributed by atoms with Gasteiger partial charge in [-0.05, 0) is 36.4 Å². The van der Waals surface area contributed by atoms with Crippen LogP contribution in [0.4, 0.5) is 28.9 Å². The number of piperazine rings is 1. The molecule has 1 aliphatic rings. The molecule has 0 spiro atoms. The van der Waals surface area contributed by atoms with E-state index in [1.54, 1.807) is 12.1 Å². The highest BCUT2D eigenvalue weighted by Crippen LogP contribution is 2.20. The fourth-order valence-electron chi connectivity index (χ4n) is 2.98. The minimum absolute atomic E-state index is 0.106. The number of nitrogens with one attached hydrogen (secondary N) is 1. The van der Waals surface area contributed by atoms with Crippen LogP contribution >= 0.6 is 0 Å². The van der Waals surface area contributed by atoms with Gasteiger partial charge in [-0.2, -0.15) is 0 Å². The van der Waals surface area contributed by atoms with Gasteiger partial charge in [0.05, 0.1) is 5.69 Å². The maximum Gasteiger partial charge on any atom is 0.225 e. The van der Waals surface area contributed by atoms with Crippen LogP contribution in [0.3, 0.4) is 0 Å². The summed E-state index contributed by atoms with van der Waals surface area (Å²) in [6.45, 7) is 3.40. The third-order valence-corrected chi connectivity index (χ3v) is 4.53. The van der Waals surface area contributed by atoms with Crippen LogP contribution in [0.2, 0.25) is 0 Å². The summed E-state index contributed by atoms with van der Waals surface area (Å²) in [7, 11) is 0. The predicted molar refractivity (Wildman–Crippen MR) is 94.6 cm³/mol. The van der Waals surface area contributed by atoms with E-state index < -0.39 is 23.4 Å². The van der Waals surface area contributed by atoms with Crippen molar-refractivity contribution in [3.8, 4) is 0 Å². The van der Waals surface area contributed by atoms with E-state index in [1.807, 2.05) is 0 Å². The molecule has 0 aliphatic carbocycles. The van der Waals surface area contributed by atoms with Gasteiger partial charge in [-0.15, -0.1) is 0 Å². The molecule has 0 aromatic heterocycles. The molecule has 0 bridgehead atoms. The van der Waals surface area contributed by atoms with Gasteiger partial charge in [0, 0.05) is 44.8 Å². The summed E-state index contributed by atoms with van der Waals surface area (Å²) in [4.78, 5) is 16.2. The van der Waals surface area contributed by atoms with Crippen LogP contribution in [0, 0.1) is 23.3 Å². The van der Waals surface area contributed by atoms with Crippen molar-refractivity contribution in [3.05, 3.63) is 59.7 Å². The number of benzene rings is 2. The summed E-state index contributed by atoms with van der Waals surface area (Å²) >= 11 is 0. The molecular weight excluding hydrogens is 362 g/mol. The number of halogens is 4. The zero-order chi connectivity index (χ0) is 19.4. The summed E-state index contributed by atoms with van der Waals surface area (Å²) in [5.74, 6) is -5.06. The van der Waals surface area contributed by atoms with Gasteiger partial charge in [0.2, 0.25) is 5.91 Å². The second-order valence-corrected chi connectivity index (χ2v) is 6.33. The zero-order valence-electron chi connectivity index (χ0n) is 14.5. The number of rotatable bonds is 5. The first-order valence-corrected chi connectivity index (χ1v) is 8.60. The van der Waals surface area contributed by atoms with Crippen molar-refractivity contribution in [3.63, 3.8) is 0 Å². The molecule has 8 heteroatoms. The first-order valence-electron chi connectivity index (χ1n) is 8.60. The monoisotopic (exact) mass is 381 g/mol. The van der Waals surface area contributed by atoms with Gasteiger partial charge in [0.1, 0.15) is 5.82 Å². The lowest BCUT2D eigenvalue weighted by molar-refractivity contribution is -0.116. The quantitative estimate of drug-likeness (QED) is 0.637. The van der Waals surface area contributed by atoms with Gasteiger partial charge in [-0.1, -0.05) is 0 Å². The molecule has 1 saturated heterocycles.